The lowest BCUT2D eigenvalue weighted by atomic mass is 10.0. The van der Waals surface area contributed by atoms with Crippen LogP contribution in [0.2, 0.25) is 0 Å². The number of aliphatic carboxylic acids is 1. The highest BCUT2D eigenvalue weighted by Crippen LogP contribution is 2.16. The van der Waals surface area contributed by atoms with Crippen LogP contribution in [0.15, 0.2) is 12.2 Å². The van der Waals surface area contributed by atoms with Gasteiger partial charge in [-0.15, -0.1) is 0 Å². The van der Waals surface area contributed by atoms with E-state index in [1.807, 2.05) is 21.1 Å². The van der Waals surface area contributed by atoms with Crippen molar-refractivity contribution in [1.82, 2.24) is 0 Å². The number of esters is 2. The number of hydrogen-bond donors (Lipinski definition) is 1. The van der Waals surface area contributed by atoms with E-state index in [-0.39, 0.29) is 36.2 Å². The summed E-state index contributed by atoms with van der Waals surface area (Å²) in [6, 6.07) is -0.612. The number of rotatable bonds is 47. The summed E-state index contributed by atoms with van der Waals surface area (Å²) in [5, 5.41) is 9.65. The molecule has 0 aromatic heterocycles. The second kappa shape index (κ2) is 43.7. The Morgan fingerprint density at radius 2 is 0.833 bits per heavy atom. The topological polar surface area (TPSA) is 99.1 Å². The van der Waals surface area contributed by atoms with Crippen molar-refractivity contribution in [1.29, 1.82) is 0 Å². The molecule has 0 fully saturated rings. The smallest absolute Gasteiger partial charge is 0.362 e. The molecule has 0 saturated heterocycles. The summed E-state index contributed by atoms with van der Waals surface area (Å²) in [6.07, 6.45) is 48.3. The Morgan fingerprint density at radius 3 is 1.20 bits per heavy atom. The van der Waals surface area contributed by atoms with Gasteiger partial charge in [0.2, 0.25) is 0 Å². The zero-order chi connectivity index (χ0) is 44.2. The number of carboxylic acid groups (broad SMARTS) is 1. The van der Waals surface area contributed by atoms with Gasteiger partial charge in [-0.3, -0.25) is 9.59 Å². The van der Waals surface area contributed by atoms with Gasteiger partial charge in [0.15, 0.2) is 12.1 Å². The van der Waals surface area contributed by atoms with Crippen molar-refractivity contribution in [2.24, 2.45) is 0 Å². The third-order valence-corrected chi connectivity index (χ3v) is 11.9. The zero-order valence-electron chi connectivity index (χ0n) is 40.4. The molecule has 0 saturated carbocycles. The number of likely N-dealkylation sites (N-methyl/N-ethyl adjacent to an activating group) is 1. The van der Waals surface area contributed by atoms with Crippen LogP contribution in [0.4, 0.5) is 0 Å². The fourth-order valence-corrected chi connectivity index (χ4v) is 7.91. The van der Waals surface area contributed by atoms with Gasteiger partial charge in [0.25, 0.3) is 0 Å². The number of quaternary nitrogens is 1. The van der Waals surface area contributed by atoms with Gasteiger partial charge in [-0.1, -0.05) is 206 Å². The molecular formula is C52H100NO7+. The molecule has 0 amide bonds. The second-order valence-corrected chi connectivity index (χ2v) is 18.8. The van der Waals surface area contributed by atoms with Gasteiger partial charge in [-0.25, -0.2) is 4.79 Å². The Bertz CT molecular complexity index is 993. The van der Waals surface area contributed by atoms with E-state index in [0.29, 0.717) is 19.3 Å². The highest BCUT2D eigenvalue weighted by Gasteiger charge is 2.31. The summed E-state index contributed by atoms with van der Waals surface area (Å²) in [7, 11) is 5.54. The van der Waals surface area contributed by atoms with E-state index in [1.165, 1.54) is 173 Å². The van der Waals surface area contributed by atoms with Crippen LogP contribution in [0.25, 0.3) is 0 Å². The molecule has 2 unspecified atom stereocenters. The minimum atomic E-state index is -0.872. The monoisotopic (exact) mass is 851 g/mol. The first kappa shape index (κ1) is 58.1. The molecule has 0 aromatic carbocycles. The molecular weight excluding hydrogens is 751 g/mol. The van der Waals surface area contributed by atoms with Gasteiger partial charge in [0.1, 0.15) is 6.61 Å². The van der Waals surface area contributed by atoms with Crippen molar-refractivity contribution in [2.75, 3.05) is 41.0 Å². The van der Waals surface area contributed by atoms with Gasteiger partial charge in [-0.2, -0.15) is 0 Å². The first-order chi connectivity index (χ1) is 29.1. The van der Waals surface area contributed by atoms with Crippen LogP contribution in [0, 0.1) is 0 Å². The molecule has 0 aromatic rings. The summed E-state index contributed by atoms with van der Waals surface area (Å²) < 4.78 is 17.4. The van der Waals surface area contributed by atoms with Crippen LogP contribution < -0.4 is 0 Å². The molecule has 60 heavy (non-hydrogen) atoms. The number of unbranched alkanes of at least 4 members (excludes halogenated alkanes) is 31. The van der Waals surface area contributed by atoms with E-state index in [9.17, 15) is 19.5 Å². The number of carbonyl (C=O) groups is 3. The lowest BCUT2D eigenvalue weighted by Gasteiger charge is -2.31. The van der Waals surface area contributed by atoms with Crippen LogP contribution in [0.5, 0.6) is 0 Å². The molecule has 0 rings (SSSR count). The van der Waals surface area contributed by atoms with Gasteiger partial charge < -0.3 is 23.8 Å². The van der Waals surface area contributed by atoms with Crippen molar-refractivity contribution < 1.29 is 38.2 Å². The fourth-order valence-electron chi connectivity index (χ4n) is 7.91. The van der Waals surface area contributed by atoms with E-state index < -0.39 is 18.1 Å². The van der Waals surface area contributed by atoms with E-state index >= 15 is 0 Å². The predicted molar refractivity (Wildman–Crippen MR) is 252 cm³/mol. The Morgan fingerprint density at radius 1 is 0.483 bits per heavy atom. The van der Waals surface area contributed by atoms with Crippen LogP contribution in [0.1, 0.15) is 251 Å². The largest absolute Gasteiger partial charge is 0.477 e. The molecule has 354 valence electrons. The lowest BCUT2D eigenvalue weighted by Crippen LogP contribution is -2.50. The maximum absolute atomic E-state index is 12.8. The first-order valence-corrected chi connectivity index (χ1v) is 25.7. The Balaban J connectivity index is 4.23. The maximum Gasteiger partial charge on any atom is 0.362 e. The molecule has 0 heterocycles. The molecule has 2 atom stereocenters. The summed E-state index contributed by atoms with van der Waals surface area (Å²) in [5.74, 6) is -1.46. The molecule has 0 spiro atoms. The third-order valence-electron chi connectivity index (χ3n) is 11.9. The second-order valence-electron chi connectivity index (χ2n) is 18.8. The van der Waals surface area contributed by atoms with Crippen molar-refractivity contribution in [2.45, 2.75) is 264 Å². The lowest BCUT2D eigenvalue weighted by molar-refractivity contribution is -0.887. The highest BCUT2D eigenvalue weighted by atomic mass is 16.6. The number of carbonyl (C=O) groups excluding carboxylic acids is 2. The van der Waals surface area contributed by atoms with Crippen molar-refractivity contribution >= 4 is 17.9 Å². The summed E-state index contributed by atoms with van der Waals surface area (Å²) in [4.78, 5) is 37.1. The summed E-state index contributed by atoms with van der Waals surface area (Å²) >= 11 is 0. The number of allylic oxidation sites excluding steroid dienone is 2. The number of nitrogens with zero attached hydrogens (tertiary/aromatic N) is 1. The average Bonchev–Trinajstić information content (AvgIpc) is 3.21. The maximum atomic E-state index is 12.8. The van der Waals surface area contributed by atoms with E-state index in [2.05, 4.69) is 26.0 Å². The standard InChI is InChI=1S/C52H99NO7/c1-6-8-10-12-14-16-18-20-22-24-26-28-30-32-34-36-38-40-42-50(54)59-47-48(46-58-45-44-49(52(56)57)53(3,4)5)60-51(55)43-41-39-37-35-33-31-29-27-25-23-21-19-17-15-13-11-9-7-2/h26,28,48-49H,6-25,27,29-47H2,1-5H3/p+1/b28-26+. The van der Waals surface area contributed by atoms with E-state index in [1.54, 1.807) is 0 Å². The van der Waals surface area contributed by atoms with Crippen molar-refractivity contribution in [3.63, 3.8) is 0 Å². The van der Waals surface area contributed by atoms with Gasteiger partial charge in [-0.05, 0) is 38.5 Å². The molecule has 0 aliphatic heterocycles. The average molecular weight is 851 g/mol. The number of hydrogen-bond acceptors (Lipinski definition) is 6. The minimum Gasteiger partial charge on any atom is -0.477 e. The van der Waals surface area contributed by atoms with E-state index in [0.717, 1.165) is 44.9 Å². The normalized spacial score (nSPS) is 12.9. The van der Waals surface area contributed by atoms with Gasteiger partial charge in [0.05, 0.1) is 34.4 Å². The number of carboxylic acids is 1. The molecule has 0 aliphatic rings. The quantitative estimate of drug-likeness (QED) is 0.0282. The Kier molecular flexibility index (Phi) is 42.3. The summed E-state index contributed by atoms with van der Waals surface area (Å²) in [5.41, 5.74) is 0. The minimum absolute atomic E-state index is 0.0488. The van der Waals surface area contributed by atoms with Gasteiger partial charge in [0, 0.05) is 19.3 Å². The third kappa shape index (κ3) is 41.4. The Labute approximate surface area is 371 Å². The van der Waals surface area contributed by atoms with Crippen LogP contribution >= 0.6 is 0 Å². The fraction of sp³-hybridized carbons (Fsp3) is 0.904. The molecule has 0 bridgehead atoms. The number of ether oxygens (including phenoxy) is 3. The molecule has 8 heteroatoms. The van der Waals surface area contributed by atoms with Crippen LogP contribution in [-0.2, 0) is 28.6 Å². The molecule has 8 nitrogen and oxygen atoms in total. The van der Waals surface area contributed by atoms with Crippen LogP contribution in [0.3, 0.4) is 0 Å². The summed E-state index contributed by atoms with van der Waals surface area (Å²) in [6.45, 7) is 4.78. The molecule has 0 radical (unpaired) electrons. The predicted octanol–water partition coefficient (Wildman–Crippen LogP) is 14.6. The van der Waals surface area contributed by atoms with Crippen molar-refractivity contribution in [3.05, 3.63) is 12.2 Å². The van der Waals surface area contributed by atoms with Gasteiger partial charge >= 0.3 is 17.9 Å². The molecule has 0 aliphatic carbocycles. The van der Waals surface area contributed by atoms with Crippen molar-refractivity contribution in [3.8, 4) is 0 Å². The highest BCUT2D eigenvalue weighted by molar-refractivity contribution is 5.72. The SMILES string of the molecule is CCCCCCCCCCC/C=C/CCCCCCCC(=O)OCC(COCCC(C(=O)O)[N+](C)(C)C)OC(=O)CCCCCCCCCCCCCCCCCCCC. The first-order valence-electron chi connectivity index (χ1n) is 25.7. The van der Waals surface area contributed by atoms with Crippen LogP contribution in [-0.4, -0.2) is 80.6 Å². The Hall–Kier alpha value is -1.93. The van der Waals surface area contributed by atoms with E-state index in [4.69, 9.17) is 14.2 Å². The molecule has 1 N–H and O–H groups in total. The zero-order valence-corrected chi connectivity index (χ0v) is 40.4.